The minimum Gasteiger partial charge on any atom is -0.451 e. The van der Waals surface area contributed by atoms with E-state index in [1.807, 2.05) is 0 Å². The molecule has 1 aromatic carbocycles. The first-order chi connectivity index (χ1) is 11.8. The predicted octanol–water partition coefficient (Wildman–Crippen LogP) is 1.10. The normalized spacial score (nSPS) is 14.2. The summed E-state index contributed by atoms with van der Waals surface area (Å²) in [5.74, 6) is -1.95. The van der Waals surface area contributed by atoms with Gasteiger partial charge in [-0.25, -0.2) is 4.79 Å². The zero-order chi connectivity index (χ0) is 18.4. The van der Waals surface area contributed by atoms with Gasteiger partial charge in [0.25, 0.3) is 11.8 Å². The Morgan fingerprint density at radius 2 is 1.84 bits per heavy atom. The average Bonchev–Trinajstić information content (AvgIpc) is 3.36. The number of nitrogens with one attached hydrogen (secondary N) is 3. The van der Waals surface area contributed by atoms with Gasteiger partial charge in [-0.3, -0.25) is 19.7 Å². The molecule has 2 rings (SSSR count). The highest BCUT2D eigenvalue weighted by atomic mass is 79.9. The van der Waals surface area contributed by atoms with Crippen molar-refractivity contribution in [3.63, 3.8) is 0 Å². The lowest BCUT2D eigenvalue weighted by Crippen LogP contribution is -2.46. The Morgan fingerprint density at radius 3 is 2.44 bits per heavy atom. The largest absolute Gasteiger partial charge is 0.451 e. The Kier molecular flexibility index (Phi) is 6.51. The molecule has 4 amide bonds. The maximum Gasteiger partial charge on any atom is 0.326 e. The standard InChI is InChI=1S/C16H18BrN3O5/c1-9(14(22)20-16(24)19-12-6-7-12)25-13(21)8-18-15(23)10-2-4-11(17)5-3-10/h2-5,9,12H,6-8H2,1H3,(H,18,23)(H2,19,20,22,24). The van der Waals surface area contributed by atoms with E-state index in [0.717, 1.165) is 17.3 Å². The maximum absolute atomic E-state index is 11.9. The number of benzene rings is 1. The summed E-state index contributed by atoms with van der Waals surface area (Å²) in [4.78, 5) is 46.8. The molecular weight excluding hydrogens is 394 g/mol. The maximum atomic E-state index is 11.9. The molecule has 0 saturated heterocycles. The summed E-state index contributed by atoms with van der Waals surface area (Å²) in [6.07, 6.45) is 0.635. The number of amides is 4. The first kappa shape index (κ1) is 18.9. The van der Waals surface area contributed by atoms with Crippen LogP contribution in [0.25, 0.3) is 0 Å². The van der Waals surface area contributed by atoms with Gasteiger partial charge in [-0.15, -0.1) is 0 Å². The molecule has 1 unspecified atom stereocenters. The number of hydrogen-bond donors (Lipinski definition) is 3. The molecule has 8 nitrogen and oxygen atoms in total. The third kappa shape index (κ3) is 6.54. The number of urea groups is 1. The van der Waals surface area contributed by atoms with Crippen LogP contribution in [0.4, 0.5) is 4.79 Å². The van der Waals surface area contributed by atoms with Crippen LogP contribution in [-0.4, -0.2) is 42.5 Å². The summed E-state index contributed by atoms with van der Waals surface area (Å²) in [7, 11) is 0. The van der Waals surface area contributed by atoms with E-state index in [1.165, 1.54) is 6.92 Å². The molecule has 0 aromatic heterocycles. The predicted molar refractivity (Wildman–Crippen MR) is 91.7 cm³/mol. The molecule has 9 heteroatoms. The molecule has 0 aliphatic heterocycles. The number of carbonyl (C=O) groups is 4. The molecule has 0 heterocycles. The van der Waals surface area contributed by atoms with Crippen molar-refractivity contribution in [2.24, 2.45) is 0 Å². The van der Waals surface area contributed by atoms with E-state index in [0.29, 0.717) is 5.56 Å². The zero-order valence-corrected chi connectivity index (χ0v) is 15.1. The molecule has 25 heavy (non-hydrogen) atoms. The van der Waals surface area contributed by atoms with Gasteiger partial charge < -0.3 is 15.4 Å². The molecule has 1 aliphatic rings. The van der Waals surface area contributed by atoms with E-state index in [-0.39, 0.29) is 12.6 Å². The van der Waals surface area contributed by atoms with Crippen molar-refractivity contribution >= 4 is 39.7 Å². The quantitative estimate of drug-likeness (QED) is 0.606. The summed E-state index contributed by atoms with van der Waals surface area (Å²) in [6.45, 7) is 0.953. The van der Waals surface area contributed by atoms with Crippen molar-refractivity contribution in [2.75, 3.05) is 6.54 Å². The van der Waals surface area contributed by atoms with Gasteiger partial charge in [-0.05, 0) is 44.0 Å². The Bertz CT molecular complexity index is 673. The highest BCUT2D eigenvalue weighted by molar-refractivity contribution is 9.10. The monoisotopic (exact) mass is 411 g/mol. The SMILES string of the molecule is CC(OC(=O)CNC(=O)c1ccc(Br)cc1)C(=O)NC(=O)NC1CC1. The Labute approximate surface area is 152 Å². The highest BCUT2D eigenvalue weighted by Gasteiger charge is 2.26. The van der Waals surface area contributed by atoms with E-state index in [9.17, 15) is 19.2 Å². The van der Waals surface area contributed by atoms with Crippen LogP contribution in [0.2, 0.25) is 0 Å². The Hall–Kier alpha value is -2.42. The van der Waals surface area contributed by atoms with E-state index < -0.39 is 29.9 Å². The third-order valence-corrected chi connectivity index (χ3v) is 3.86. The van der Waals surface area contributed by atoms with Gasteiger partial charge in [0.05, 0.1) is 0 Å². The minimum atomic E-state index is -1.15. The molecule has 0 spiro atoms. The fourth-order valence-electron chi connectivity index (χ4n) is 1.81. The Balaban J connectivity index is 1.71. The fourth-order valence-corrected chi connectivity index (χ4v) is 2.08. The second kappa shape index (κ2) is 8.61. The van der Waals surface area contributed by atoms with Crippen molar-refractivity contribution in [1.29, 1.82) is 0 Å². The second-order valence-electron chi connectivity index (χ2n) is 5.56. The van der Waals surface area contributed by atoms with Crippen LogP contribution < -0.4 is 16.0 Å². The number of carbonyl (C=O) groups excluding carboxylic acids is 4. The number of hydrogen-bond acceptors (Lipinski definition) is 5. The summed E-state index contributed by atoms with van der Waals surface area (Å²) < 4.78 is 5.71. The molecule has 0 radical (unpaired) electrons. The third-order valence-electron chi connectivity index (χ3n) is 3.33. The number of halogens is 1. The molecular formula is C16H18BrN3O5. The summed E-state index contributed by atoms with van der Waals surface area (Å²) in [5, 5.41) is 7.08. The topological polar surface area (TPSA) is 114 Å². The van der Waals surface area contributed by atoms with Crippen LogP contribution >= 0.6 is 15.9 Å². The molecule has 134 valence electrons. The number of imide groups is 1. The van der Waals surface area contributed by atoms with Crippen molar-refractivity contribution in [2.45, 2.75) is 31.9 Å². The summed E-state index contributed by atoms with van der Waals surface area (Å²) >= 11 is 3.26. The van der Waals surface area contributed by atoms with E-state index >= 15 is 0 Å². The smallest absolute Gasteiger partial charge is 0.326 e. The molecule has 0 bridgehead atoms. The van der Waals surface area contributed by atoms with Gasteiger partial charge in [0, 0.05) is 16.1 Å². The molecule has 1 saturated carbocycles. The minimum absolute atomic E-state index is 0.111. The van der Waals surface area contributed by atoms with Gasteiger partial charge in [-0.2, -0.15) is 0 Å². The molecule has 1 fully saturated rings. The molecule has 1 atom stereocenters. The van der Waals surface area contributed by atoms with Crippen molar-refractivity contribution in [3.8, 4) is 0 Å². The molecule has 1 aromatic rings. The molecule has 3 N–H and O–H groups in total. The Morgan fingerprint density at radius 1 is 1.20 bits per heavy atom. The van der Waals surface area contributed by atoms with Gasteiger partial charge in [0.15, 0.2) is 6.10 Å². The van der Waals surface area contributed by atoms with Crippen LogP contribution in [0.1, 0.15) is 30.1 Å². The van der Waals surface area contributed by atoms with Gasteiger partial charge in [-0.1, -0.05) is 15.9 Å². The first-order valence-corrected chi connectivity index (χ1v) is 8.49. The second-order valence-corrected chi connectivity index (χ2v) is 6.47. The lowest BCUT2D eigenvalue weighted by molar-refractivity contribution is -0.153. The van der Waals surface area contributed by atoms with E-state index in [1.54, 1.807) is 24.3 Å². The van der Waals surface area contributed by atoms with Gasteiger partial charge in [0.2, 0.25) is 0 Å². The van der Waals surface area contributed by atoms with E-state index in [2.05, 4.69) is 31.9 Å². The highest BCUT2D eigenvalue weighted by Crippen LogP contribution is 2.18. The lowest BCUT2D eigenvalue weighted by Gasteiger charge is -2.13. The van der Waals surface area contributed by atoms with Crippen molar-refractivity contribution < 1.29 is 23.9 Å². The number of rotatable bonds is 6. The van der Waals surface area contributed by atoms with Gasteiger partial charge >= 0.3 is 12.0 Å². The van der Waals surface area contributed by atoms with Crippen LogP contribution in [0, 0.1) is 0 Å². The van der Waals surface area contributed by atoms with Gasteiger partial charge in [0.1, 0.15) is 6.54 Å². The molecule has 1 aliphatic carbocycles. The summed E-state index contributed by atoms with van der Waals surface area (Å²) in [5.41, 5.74) is 0.388. The van der Waals surface area contributed by atoms with Crippen molar-refractivity contribution in [3.05, 3.63) is 34.3 Å². The fraction of sp³-hybridized carbons (Fsp3) is 0.375. The van der Waals surface area contributed by atoms with Crippen LogP contribution in [-0.2, 0) is 14.3 Å². The summed E-state index contributed by atoms with van der Waals surface area (Å²) in [6, 6.07) is 6.09. The van der Waals surface area contributed by atoms with Crippen LogP contribution in [0.15, 0.2) is 28.7 Å². The van der Waals surface area contributed by atoms with E-state index in [4.69, 9.17) is 4.74 Å². The lowest BCUT2D eigenvalue weighted by atomic mass is 10.2. The number of ether oxygens (including phenoxy) is 1. The van der Waals surface area contributed by atoms with Crippen molar-refractivity contribution in [1.82, 2.24) is 16.0 Å². The average molecular weight is 412 g/mol. The van der Waals surface area contributed by atoms with Crippen LogP contribution in [0.5, 0.6) is 0 Å². The first-order valence-electron chi connectivity index (χ1n) is 7.69. The zero-order valence-electron chi connectivity index (χ0n) is 13.5. The number of esters is 1. The van der Waals surface area contributed by atoms with Crippen LogP contribution in [0.3, 0.4) is 0 Å².